The van der Waals surface area contributed by atoms with Gasteiger partial charge in [-0.3, -0.25) is 4.79 Å². The predicted molar refractivity (Wildman–Crippen MR) is 96.0 cm³/mol. The quantitative estimate of drug-likeness (QED) is 0.878. The summed E-state index contributed by atoms with van der Waals surface area (Å²) in [6.07, 6.45) is 5.69. The van der Waals surface area contributed by atoms with Gasteiger partial charge in [0.05, 0.1) is 16.5 Å². The highest BCUT2D eigenvalue weighted by molar-refractivity contribution is 7.90. The number of thiophene rings is 1. The first-order chi connectivity index (χ1) is 11.5. The number of sulfone groups is 1. The Morgan fingerprint density at radius 1 is 1.17 bits per heavy atom. The molecule has 0 saturated heterocycles. The predicted octanol–water partition coefficient (Wildman–Crippen LogP) is 3.81. The van der Waals surface area contributed by atoms with Crippen molar-refractivity contribution in [2.24, 2.45) is 5.92 Å². The third-order valence-corrected chi connectivity index (χ3v) is 6.65. The minimum absolute atomic E-state index is 0.0485. The van der Waals surface area contributed by atoms with Gasteiger partial charge in [0.2, 0.25) is 0 Å². The summed E-state index contributed by atoms with van der Waals surface area (Å²) in [5, 5.41) is 5.11. The fourth-order valence-corrected chi connectivity index (χ4v) is 5.13. The molecule has 1 aliphatic rings. The van der Waals surface area contributed by atoms with Gasteiger partial charge in [0.25, 0.3) is 5.91 Å². The van der Waals surface area contributed by atoms with Crippen LogP contribution in [0.5, 0.6) is 0 Å². The van der Waals surface area contributed by atoms with Gasteiger partial charge in [-0.1, -0.05) is 31.0 Å². The van der Waals surface area contributed by atoms with Gasteiger partial charge in [0, 0.05) is 11.1 Å². The van der Waals surface area contributed by atoms with E-state index in [1.165, 1.54) is 18.9 Å². The van der Waals surface area contributed by atoms with E-state index in [4.69, 9.17) is 0 Å². The monoisotopic (exact) mass is 363 g/mol. The maximum atomic E-state index is 12.8. The highest BCUT2D eigenvalue weighted by atomic mass is 32.2. The molecule has 1 amide bonds. The standard InChI is InChI=1S/C18H21NO3S2/c1-24(21,22)16-11-5-4-9-14(16)18(20)19-17(13-7-2-3-8-13)15-10-6-12-23-15/h4-6,9-13,17H,2-3,7-8H2,1H3,(H,19,20). The molecule has 1 aromatic heterocycles. The average molecular weight is 364 g/mol. The Morgan fingerprint density at radius 3 is 2.50 bits per heavy atom. The van der Waals surface area contributed by atoms with Crippen molar-refractivity contribution in [3.63, 3.8) is 0 Å². The fraction of sp³-hybridized carbons (Fsp3) is 0.389. The lowest BCUT2D eigenvalue weighted by Crippen LogP contribution is -2.33. The van der Waals surface area contributed by atoms with Crippen LogP contribution in [0.15, 0.2) is 46.7 Å². The van der Waals surface area contributed by atoms with Crippen LogP contribution in [0.3, 0.4) is 0 Å². The molecule has 1 aliphatic carbocycles. The minimum atomic E-state index is -3.45. The van der Waals surface area contributed by atoms with Crippen LogP contribution < -0.4 is 5.32 Å². The van der Waals surface area contributed by atoms with Crippen molar-refractivity contribution in [1.82, 2.24) is 5.32 Å². The third kappa shape index (κ3) is 3.70. The van der Waals surface area contributed by atoms with Crippen molar-refractivity contribution in [3.8, 4) is 0 Å². The molecular formula is C18H21NO3S2. The maximum absolute atomic E-state index is 12.8. The summed E-state index contributed by atoms with van der Waals surface area (Å²) >= 11 is 1.63. The molecule has 1 heterocycles. The Labute approximate surface area is 146 Å². The molecule has 128 valence electrons. The number of benzene rings is 1. The zero-order valence-corrected chi connectivity index (χ0v) is 15.2. The molecule has 3 rings (SSSR count). The van der Waals surface area contributed by atoms with Gasteiger partial charge < -0.3 is 5.32 Å². The lowest BCUT2D eigenvalue weighted by Gasteiger charge is -2.24. The lowest BCUT2D eigenvalue weighted by molar-refractivity contribution is 0.0919. The highest BCUT2D eigenvalue weighted by Gasteiger charge is 2.29. The first-order valence-electron chi connectivity index (χ1n) is 8.10. The number of carbonyl (C=O) groups excluding carboxylic acids is 1. The lowest BCUT2D eigenvalue weighted by atomic mass is 9.96. The summed E-state index contributed by atoms with van der Waals surface area (Å²) in [6, 6.07) is 10.4. The normalized spacial score (nSPS) is 16.9. The Bertz CT molecular complexity index is 807. The Kier molecular flexibility index (Phi) is 5.06. The van der Waals surface area contributed by atoms with E-state index in [1.54, 1.807) is 29.5 Å². The molecule has 0 bridgehead atoms. The van der Waals surface area contributed by atoms with Crippen LogP contribution in [-0.4, -0.2) is 20.6 Å². The van der Waals surface area contributed by atoms with E-state index in [1.807, 2.05) is 17.5 Å². The van der Waals surface area contributed by atoms with Crippen LogP contribution >= 0.6 is 11.3 Å². The summed E-state index contributed by atoms with van der Waals surface area (Å²) < 4.78 is 23.9. The van der Waals surface area contributed by atoms with Crippen molar-refractivity contribution in [3.05, 3.63) is 52.2 Å². The van der Waals surface area contributed by atoms with Crippen molar-refractivity contribution in [2.75, 3.05) is 6.26 Å². The maximum Gasteiger partial charge on any atom is 0.253 e. The molecule has 0 spiro atoms. The van der Waals surface area contributed by atoms with Gasteiger partial charge in [-0.25, -0.2) is 8.42 Å². The number of carbonyl (C=O) groups is 1. The van der Waals surface area contributed by atoms with E-state index in [9.17, 15) is 13.2 Å². The van der Waals surface area contributed by atoms with Gasteiger partial charge in [-0.05, 0) is 42.3 Å². The molecule has 1 N–H and O–H groups in total. The number of rotatable bonds is 5. The summed E-state index contributed by atoms with van der Waals surface area (Å²) in [6.45, 7) is 0. The second-order valence-electron chi connectivity index (χ2n) is 6.28. The zero-order chi connectivity index (χ0) is 17.2. The second kappa shape index (κ2) is 7.07. The molecule has 0 aliphatic heterocycles. The molecule has 4 nitrogen and oxygen atoms in total. The molecule has 0 radical (unpaired) electrons. The van der Waals surface area contributed by atoms with E-state index in [-0.39, 0.29) is 22.4 Å². The van der Waals surface area contributed by atoms with Gasteiger partial charge >= 0.3 is 0 Å². The van der Waals surface area contributed by atoms with Crippen LogP contribution in [0, 0.1) is 5.92 Å². The second-order valence-corrected chi connectivity index (χ2v) is 9.24. The van der Waals surface area contributed by atoms with Crippen molar-refractivity contribution < 1.29 is 13.2 Å². The molecule has 24 heavy (non-hydrogen) atoms. The summed E-state index contributed by atoms with van der Waals surface area (Å²) in [5.41, 5.74) is 0.222. The van der Waals surface area contributed by atoms with Gasteiger partial charge in [0.15, 0.2) is 9.84 Å². The van der Waals surface area contributed by atoms with Gasteiger partial charge in [-0.15, -0.1) is 11.3 Å². The molecule has 1 fully saturated rings. The zero-order valence-electron chi connectivity index (χ0n) is 13.6. The highest BCUT2D eigenvalue weighted by Crippen LogP contribution is 2.37. The SMILES string of the molecule is CS(=O)(=O)c1ccccc1C(=O)NC(c1cccs1)C1CCCC1. The summed E-state index contributed by atoms with van der Waals surface area (Å²) in [4.78, 5) is 14.0. The van der Waals surface area contributed by atoms with E-state index in [0.717, 1.165) is 24.0 Å². The molecule has 2 aromatic rings. The molecule has 1 atom stereocenters. The molecule has 1 unspecified atom stereocenters. The van der Waals surface area contributed by atoms with Gasteiger partial charge in [0.1, 0.15) is 0 Å². The number of hydrogen-bond acceptors (Lipinski definition) is 4. The smallest absolute Gasteiger partial charge is 0.253 e. The third-order valence-electron chi connectivity index (χ3n) is 4.54. The van der Waals surface area contributed by atoms with Crippen LogP contribution in [0.1, 0.15) is 47.0 Å². The van der Waals surface area contributed by atoms with E-state index in [2.05, 4.69) is 5.32 Å². The number of nitrogens with one attached hydrogen (secondary N) is 1. The Morgan fingerprint density at radius 2 is 1.88 bits per heavy atom. The first kappa shape index (κ1) is 17.2. The molecular weight excluding hydrogens is 342 g/mol. The fourth-order valence-electron chi connectivity index (χ4n) is 3.38. The van der Waals surface area contributed by atoms with E-state index >= 15 is 0 Å². The Balaban J connectivity index is 1.90. The topological polar surface area (TPSA) is 63.2 Å². The van der Waals surface area contributed by atoms with Crippen molar-refractivity contribution in [1.29, 1.82) is 0 Å². The summed E-state index contributed by atoms with van der Waals surface area (Å²) in [5.74, 6) is 0.0966. The van der Waals surface area contributed by atoms with Crippen LogP contribution in [0.4, 0.5) is 0 Å². The van der Waals surface area contributed by atoms with Crippen molar-refractivity contribution >= 4 is 27.1 Å². The van der Waals surface area contributed by atoms with E-state index in [0.29, 0.717) is 5.92 Å². The number of hydrogen-bond donors (Lipinski definition) is 1. The van der Waals surface area contributed by atoms with Crippen molar-refractivity contribution in [2.45, 2.75) is 36.6 Å². The molecule has 6 heteroatoms. The van der Waals surface area contributed by atoms with Crippen LogP contribution in [0.25, 0.3) is 0 Å². The van der Waals surface area contributed by atoms with Gasteiger partial charge in [-0.2, -0.15) is 0 Å². The average Bonchev–Trinajstić information content (AvgIpc) is 3.25. The van der Waals surface area contributed by atoms with Crippen LogP contribution in [0.2, 0.25) is 0 Å². The number of amides is 1. The largest absolute Gasteiger partial charge is 0.344 e. The van der Waals surface area contributed by atoms with E-state index < -0.39 is 9.84 Å². The molecule has 1 saturated carbocycles. The summed E-state index contributed by atoms with van der Waals surface area (Å²) in [7, 11) is -3.45. The minimum Gasteiger partial charge on any atom is -0.344 e. The molecule has 1 aromatic carbocycles. The first-order valence-corrected chi connectivity index (χ1v) is 10.9. The Hall–Kier alpha value is -1.66. The van der Waals surface area contributed by atoms with Crippen LogP contribution in [-0.2, 0) is 9.84 Å².